The van der Waals surface area contributed by atoms with Crippen LogP contribution in [0.2, 0.25) is 0 Å². The predicted molar refractivity (Wildman–Crippen MR) is 138 cm³/mol. The lowest BCUT2D eigenvalue weighted by atomic mass is 9.94. The first kappa shape index (κ1) is 24.9. The molecule has 1 atom stereocenters. The number of anilines is 1. The maximum absolute atomic E-state index is 13.4. The maximum atomic E-state index is 13.4. The molecule has 3 aromatic carbocycles. The van der Waals surface area contributed by atoms with E-state index in [2.05, 4.69) is 0 Å². The minimum absolute atomic E-state index is 0.0000262. The van der Waals surface area contributed by atoms with Gasteiger partial charge in [0.1, 0.15) is 23.0 Å². The van der Waals surface area contributed by atoms with Gasteiger partial charge in [0.25, 0.3) is 11.7 Å². The van der Waals surface area contributed by atoms with Gasteiger partial charge < -0.3 is 19.3 Å². The Morgan fingerprint density at radius 2 is 1.58 bits per heavy atom. The molecule has 7 heteroatoms. The van der Waals surface area contributed by atoms with Crippen molar-refractivity contribution >= 4 is 23.1 Å². The number of methoxy groups -OCH3 is 1. The van der Waals surface area contributed by atoms with Crippen LogP contribution in [0.15, 0.2) is 72.3 Å². The monoisotopic (exact) mass is 487 g/mol. The molecule has 1 heterocycles. The third kappa shape index (κ3) is 4.64. The summed E-state index contributed by atoms with van der Waals surface area (Å²) in [6.07, 6.45) is 0. The Labute approximate surface area is 210 Å². The molecular weight excluding hydrogens is 458 g/mol. The average molecular weight is 488 g/mol. The third-order valence-electron chi connectivity index (χ3n) is 6.00. The molecule has 0 aromatic heterocycles. The summed E-state index contributed by atoms with van der Waals surface area (Å²) in [6.45, 7) is 6.51. The lowest BCUT2D eigenvalue weighted by Crippen LogP contribution is -2.29. The summed E-state index contributed by atoms with van der Waals surface area (Å²) >= 11 is 0. The summed E-state index contributed by atoms with van der Waals surface area (Å²) in [5, 5.41) is 11.4. The molecule has 0 bridgehead atoms. The molecule has 1 N–H and O–H groups in total. The van der Waals surface area contributed by atoms with Gasteiger partial charge in [-0.2, -0.15) is 0 Å². The van der Waals surface area contributed by atoms with E-state index in [1.807, 2.05) is 32.9 Å². The number of Topliss-reactive ketones (excluding diaryl/α,β-unsaturated/α-hetero) is 1. The number of carbonyl (C=O) groups excluding carboxylic acids is 2. The van der Waals surface area contributed by atoms with E-state index in [1.54, 1.807) is 61.7 Å². The quantitative estimate of drug-likeness (QED) is 0.259. The molecule has 3 aromatic rings. The van der Waals surface area contributed by atoms with E-state index in [0.29, 0.717) is 47.3 Å². The van der Waals surface area contributed by atoms with E-state index in [4.69, 9.17) is 14.2 Å². The molecule has 1 aliphatic rings. The second-order valence-corrected chi connectivity index (χ2v) is 8.29. The summed E-state index contributed by atoms with van der Waals surface area (Å²) in [5.41, 5.74) is 2.32. The highest BCUT2D eigenvalue weighted by molar-refractivity contribution is 6.51. The number of aryl methyl sites for hydroxylation is 1. The van der Waals surface area contributed by atoms with E-state index in [1.165, 1.54) is 4.90 Å². The van der Waals surface area contributed by atoms with Gasteiger partial charge in [-0.1, -0.05) is 18.2 Å². The largest absolute Gasteiger partial charge is 0.507 e. The van der Waals surface area contributed by atoms with Gasteiger partial charge in [-0.25, -0.2) is 0 Å². The number of ether oxygens (including phenoxy) is 3. The summed E-state index contributed by atoms with van der Waals surface area (Å²) in [5.74, 6) is 0.0698. The first-order valence-corrected chi connectivity index (χ1v) is 11.8. The highest BCUT2D eigenvalue weighted by Crippen LogP contribution is 2.43. The van der Waals surface area contributed by atoms with E-state index in [0.717, 1.165) is 5.56 Å². The van der Waals surface area contributed by atoms with Crippen molar-refractivity contribution < 1.29 is 28.9 Å². The van der Waals surface area contributed by atoms with Crippen LogP contribution in [0.5, 0.6) is 17.2 Å². The smallest absolute Gasteiger partial charge is 0.300 e. The van der Waals surface area contributed by atoms with Crippen molar-refractivity contribution in [3.63, 3.8) is 0 Å². The minimum atomic E-state index is -0.871. The summed E-state index contributed by atoms with van der Waals surface area (Å²) in [4.78, 5) is 28.2. The number of hydrogen-bond donors (Lipinski definition) is 1. The Morgan fingerprint density at radius 3 is 2.22 bits per heavy atom. The molecule has 1 aliphatic heterocycles. The number of ketones is 1. The zero-order valence-electron chi connectivity index (χ0n) is 20.8. The topological polar surface area (TPSA) is 85.3 Å². The number of rotatable bonds is 8. The van der Waals surface area contributed by atoms with Crippen LogP contribution >= 0.6 is 0 Å². The van der Waals surface area contributed by atoms with Crippen LogP contribution in [-0.2, 0) is 9.59 Å². The molecule has 36 heavy (non-hydrogen) atoms. The van der Waals surface area contributed by atoms with Crippen molar-refractivity contribution in [2.75, 3.05) is 25.2 Å². The van der Waals surface area contributed by atoms with Crippen LogP contribution in [0.1, 0.15) is 36.6 Å². The minimum Gasteiger partial charge on any atom is -0.507 e. The van der Waals surface area contributed by atoms with Crippen molar-refractivity contribution in [1.29, 1.82) is 0 Å². The molecule has 1 amide bonds. The van der Waals surface area contributed by atoms with Gasteiger partial charge in [0.05, 0.1) is 31.9 Å². The summed E-state index contributed by atoms with van der Waals surface area (Å²) in [7, 11) is 1.56. The fourth-order valence-corrected chi connectivity index (χ4v) is 4.43. The van der Waals surface area contributed by atoms with Crippen LogP contribution in [0, 0.1) is 6.92 Å². The molecule has 1 fully saturated rings. The van der Waals surface area contributed by atoms with E-state index in [-0.39, 0.29) is 11.3 Å². The van der Waals surface area contributed by atoms with Crippen LogP contribution in [0.4, 0.5) is 5.69 Å². The SMILES string of the molecule is CCOc1cccc(C2/C(=C(\O)c3ccc(OC)c(C)c3)C(=O)C(=O)N2c2cccc(OCC)c2)c1. The first-order chi connectivity index (χ1) is 17.4. The van der Waals surface area contributed by atoms with Crippen LogP contribution in [0.25, 0.3) is 5.76 Å². The maximum Gasteiger partial charge on any atom is 0.300 e. The number of aliphatic hydroxyl groups is 1. The highest BCUT2D eigenvalue weighted by atomic mass is 16.5. The molecule has 0 spiro atoms. The number of hydrogen-bond acceptors (Lipinski definition) is 6. The van der Waals surface area contributed by atoms with Crippen molar-refractivity contribution in [2.24, 2.45) is 0 Å². The summed E-state index contributed by atoms with van der Waals surface area (Å²) in [6, 6.07) is 18.4. The average Bonchev–Trinajstić information content (AvgIpc) is 3.14. The van der Waals surface area contributed by atoms with Gasteiger partial charge in [0.2, 0.25) is 0 Å². The number of amides is 1. The Balaban J connectivity index is 1.93. The number of carbonyl (C=O) groups is 2. The molecule has 0 aliphatic carbocycles. The molecule has 1 unspecified atom stereocenters. The lowest BCUT2D eigenvalue weighted by molar-refractivity contribution is -0.132. The van der Waals surface area contributed by atoms with Gasteiger partial charge in [-0.15, -0.1) is 0 Å². The normalized spacial score (nSPS) is 16.8. The zero-order valence-corrected chi connectivity index (χ0v) is 20.8. The molecule has 186 valence electrons. The predicted octanol–water partition coefficient (Wildman–Crippen LogP) is 5.43. The second kappa shape index (κ2) is 10.6. The highest BCUT2D eigenvalue weighted by Gasteiger charge is 2.47. The van der Waals surface area contributed by atoms with E-state index in [9.17, 15) is 14.7 Å². The Hall–Kier alpha value is -4.26. The molecule has 4 rings (SSSR count). The molecular formula is C29H29NO6. The van der Waals surface area contributed by atoms with Crippen molar-refractivity contribution in [2.45, 2.75) is 26.8 Å². The van der Waals surface area contributed by atoms with Gasteiger partial charge in [-0.05, 0) is 74.4 Å². The van der Waals surface area contributed by atoms with E-state index >= 15 is 0 Å². The molecule has 0 radical (unpaired) electrons. The Bertz CT molecular complexity index is 1330. The fraction of sp³-hybridized carbons (Fsp3) is 0.241. The van der Waals surface area contributed by atoms with Crippen molar-refractivity contribution in [3.8, 4) is 17.2 Å². The van der Waals surface area contributed by atoms with Gasteiger partial charge in [0, 0.05) is 17.3 Å². The second-order valence-electron chi connectivity index (χ2n) is 8.29. The lowest BCUT2D eigenvalue weighted by Gasteiger charge is -2.26. The van der Waals surface area contributed by atoms with Gasteiger partial charge in [0.15, 0.2) is 0 Å². The third-order valence-corrected chi connectivity index (χ3v) is 6.00. The molecule has 1 saturated heterocycles. The van der Waals surface area contributed by atoms with Gasteiger partial charge >= 0.3 is 0 Å². The number of benzene rings is 3. The molecule has 7 nitrogen and oxygen atoms in total. The number of nitrogens with zero attached hydrogens (tertiary/aromatic N) is 1. The Morgan fingerprint density at radius 1 is 0.917 bits per heavy atom. The van der Waals surface area contributed by atoms with Crippen molar-refractivity contribution in [3.05, 3.63) is 89.0 Å². The standard InChI is InChI=1S/C29H29NO6/c1-5-35-22-11-7-9-19(16-22)26-25(27(31)20-13-14-24(34-4)18(3)15-20)28(32)29(33)30(26)21-10-8-12-23(17-21)36-6-2/h7-17,26,31H,5-6H2,1-4H3/b27-25+. The number of aliphatic hydroxyl groups excluding tert-OH is 1. The van der Waals surface area contributed by atoms with Crippen LogP contribution in [-0.4, -0.2) is 37.1 Å². The first-order valence-electron chi connectivity index (χ1n) is 11.8. The fourth-order valence-electron chi connectivity index (χ4n) is 4.43. The zero-order chi connectivity index (χ0) is 25.8. The van der Waals surface area contributed by atoms with E-state index < -0.39 is 17.7 Å². The van der Waals surface area contributed by atoms with Crippen LogP contribution < -0.4 is 19.1 Å². The van der Waals surface area contributed by atoms with Crippen molar-refractivity contribution in [1.82, 2.24) is 0 Å². The molecule has 0 saturated carbocycles. The van der Waals surface area contributed by atoms with Crippen LogP contribution in [0.3, 0.4) is 0 Å². The Kier molecular flexibility index (Phi) is 7.29. The van der Waals surface area contributed by atoms with Gasteiger partial charge in [-0.3, -0.25) is 14.5 Å². The summed E-state index contributed by atoms with van der Waals surface area (Å²) < 4.78 is 16.6.